The van der Waals surface area contributed by atoms with E-state index in [1.165, 1.54) is 12.1 Å². The van der Waals surface area contributed by atoms with E-state index in [2.05, 4.69) is 12.2 Å². The Labute approximate surface area is 125 Å². The first-order chi connectivity index (χ1) is 9.95. The standard InChI is InChI=1S/C17H25F2NO/c1-2-14-8-10-16(21,11-9-14)12-20-13-17(18,19)15-6-4-3-5-7-15/h3-7,14,20-21H,2,8-13H2,1H3. The van der Waals surface area contributed by atoms with Crippen molar-refractivity contribution in [3.63, 3.8) is 0 Å². The molecule has 4 heteroatoms. The van der Waals surface area contributed by atoms with Gasteiger partial charge in [-0.15, -0.1) is 0 Å². The van der Waals surface area contributed by atoms with Crippen molar-refractivity contribution in [3.8, 4) is 0 Å². The Morgan fingerprint density at radius 1 is 1.24 bits per heavy atom. The smallest absolute Gasteiger partial charge is 0.285 e. The van der Waals surface area contributed by atoms with Gasteiger partial charge >= 0.3 is 0 Å². The van der Waals surface area contributed by atoms with Crippen molar-refractivity contribution >= 4 is 0 Å². The molecule has 21 heavy (non-hydrogen) atoms. The lowest BCUT2D eigenvalue weighted by molar-refractivity contribution is -0.0302. The minimum absolute atomic E-state index is 0.0131. The van der Waals surface area contributed by atoms with Crippen LogP contribution in [-0.2, 0) is 5.92 Å². The number of hydrogen-bond acceptors (Lipinski definition) is 2. The summed E-state index contributed by atoms with van der Waals surface area (Å²) >= 11 is 0. The number of aliphatic hydroxyl groups is 1. The number of hydrogen-bond donors (Lipinski definition) is 2. The van der Waals surface area contributed by atoms with Crippen LogP contribution < -0.4 is 5.32 Å². The predicted octanol–water partition coefficient (Wildman–Crippen LogP) is 3.70. The van der Waals surface area contributed by atoms with Crippen molar-refractivity contribution in [2.45, 2.75) is 50.6 Å². The fraction of sp³-hybridized carbons (Fsp3) is 0.647. The van der Waals surface area contributed by atoms with Gasteiger partial charge in [-0.05, 0) is 31.6 Å². The second kappa shape index (κ2) is 6.84. The molecule has 0 aliphatic heterocycles. The van der Waals surface area contributed by atoms with E-state index in [-0.39, 0.29) is 12.1 Å². The van der Waals surface area contributed by atoms with Crippen LogP contribution in [0.1, 0.15) is 44.6 Å². The van der Waals surface area contributed by atoms with Crippen molar-refractivity contribution in [1.29, 1.82) is 0 Å². The minimum atomic E-state index is -2.90. The maximum absolute atomic E-state index is 14.0. The lowest BCUT2D eigenvalue weighted by Crippen LogP contribution is -2.46. The summed E-state index contributed by atoms with van der Waals surface area (Å²) in [4.78, 5) is 0. The summed E-state index contributed by atoms with van der Waals surface area (Å²) in [6, 6.07) is 7.82. The fourth-order valence-corrected chi connectivity index (χ4v) is 3.04. The number of halogens is 2. The summed E-state index contributed by atoms with van der Waals surface area (Å²) in [6.07, 6.45) is 4.52. The Balaban J connectivity index is 1.81. The normalized spacial score (nSPS) is 26.8. The van der Waals surface area contributed by atoms with Gasteiger partial charge in [0.15, 0.2) is 0 Å². The van der Waals surface area contributed by atoms with Crippen molar-refractivity contribution in [2.75, 3.05) is 13.1 Å². The highest BCUT2D eigenvalue weighted by molar-refractivity contribution is 5.20. The molecule has 0 radical (unpaired) electrons. The van der Waals surface area contributed by atoms with Gasteiger partial charge in [-0.2, -0.15) is 8.78 Å². The van der Waals surface area contributed by atoms with Crippen LogP contribution in [0.25, 0.3) is 0 Å². The molecule has 0 amide bonds. The van der Waals surface area contributed by atoms with Gasteiger partial charge in [-0.25, -0.2) is 0 Å². The molecule has 1 aliphatic carbocycles. The lowest BCUT2D eigenvalue weighted by Gasteiger charge is -2.36. The van der Waals surface area contributed by atoms with Gasteiger partial charge in [0.25, 0.3) is 5.92 Å². The van der Waals surface area contributed by atoms with Gasteiger partial charge in [-0.1, -0.05) is 43.7 Å². The molecule has 1 aromatic carbocycles. The van der Waals surface area contributed by atoms with E-state index in [4.69, 9.17) is 0 Å². The third-order valence-electron chi connectivity index (χ3n) is 4.61. The number of benzene rings is 1. The summed E-state index contributed by atoms with van der Waals surface area (Å²) in [7, 11) is 0. The molecule has 0 aromatic heterocycles. The van der Waals surface area contributed by atoms with E-state index < -0.39 is 18.1 Å². The van der Waals surface area contributed by atoms with Gasteiger partial charge in [0.1, 0.15) is 0 Å². The van der Waals surface area contributed by atoms with Gasteiger partial charge in [0.05, 0.1) is 12.1 Å². The number of rotatable bonds is 6. The van der Waals surface area contributed by atoms with Crippen LogP contribution in [0.3, 0.4) is 0 Å². The SMILES string of the molecule is CCC1CCC(O)(CNCC(F)(F)c2ccccc2)CC1. The first kappa shape index (κ1) is 16.4. The zero-order valence-corrected chi connectivity index (χ0v) is 12.6. The van der Waals surface area contributed by atoms with Crippen LogP contribution in [0, 0.1) is 5.92 Å². The fourth-order valence-electron chi connectivity index (χ4n) is 3.04. The van der Waals surface area contributed by atoms with Crippen LogP contribution >= 0.6 is 0 Å². The Bertz CT molecular complexity index is 428. The molecule has 0 saturated heterocycles. The molecule has 0 bridgehead atoms. The van der Waals surface area contributed by atoms with Crippen LogP contribution in [-0.4, -0.2) is 23.8 Å². The van der Waals surface area contributed by atoms with Gasteiger partial charge in [0, 0.05) is 12.1 Å². The van der Waals surface area contributed by atoms with Crippen molar-refractivity contribution in [2.24, 2.45) is 5.92 Å². The monoisotopic (exact) mass is 297 g/mol. The van der Waals surface area contributed by atoms with E-state index in [0.29, 0.717) is 18.8 Å². The number of nitrogens with one attached hydrogen (secondary N) is 1. The molecule has 1 aromatic rings. The summed E-state index contributed by atoms with van der Waals surface area (Å²) in [5.74, 6) is -2.23. The van der Waals surface area contributed by atoms with Crippen molar-refractivity contribution < 1.29 is 13.9 Å². The molecule has 0 spiro atoms. The van der Waals surface area contributed by atoms with E-state index in [9.17, 15) is 13.9 Å². The van der Waals surface area contributed by atoms with Gasteiger partial charge in [-0.3, -0.25) is 0 Å². The van der Waals surface area contributed by atoms with Crippen molar-refractivity contribution in [3.05, 3.63) is 35.9 Å². The molecule has 2 N–H and O–H groups in total. The van der Waals surface area contributed by atoms with E-state index in [1.807, 2.05) is 0 Å². The van der Waals surface area contributed by atoms with E-state index in [0.717, 1.165) is 19.3 Å². The molecule has 0 unspecified atom stereocenters. The first-order valence-electron chi connectivity index (χ1n) is 7.82. The molecular weight excluding hydrogens is 272 g/mol. The number of alkyl halides is 2. The average molecular weight is 297 g/mol. The molecule has 2 nitrogen and oxygen atoms in total. The Hall–Kier alpha value is -1.00. The molecule has 1 aliphatic rings. The highest BCUT2D eigenvalue weighted by atomic mass is 19.3. The topological polar surface area (TPSA) is 32.3 Å². The van der Waals surface area contributed by atoms with E-state index >= 15 is 0 Å². The molecule has 2 rings (SSSR count). The molecule has 1 fully saturated rings. The quantitative estimate of drug-likeness (QED) is 0.839. The highest BCUT2D eigenvalue weighted by Crippen LogP contribution is 2.33. The molecular formula is C17H25F2NO. The van der Waals surface area contributed by atoms with Crippen LogP contribution in [0.4, 0.5) is 8.78 Å². The third-order valence-corrected chi connectivity index (χ3v) is 4.61. The predicted molar refractivity (Wildman–Crippen MR) is 80.4 cm³/mol. The maximum Gasteiger partial charge on any atom is 0.285 e. The zero-order chi connectivity index (χ0) is 15.3. The second-order valence-electron chi connectivity index (χ2n) is 6.25. The first-order valence-corrected chi connectivity index (χ1v) is 7.82. The Morgan fingerprint density at radius 3 is 2.43 bits per heavy atom. The highest BCUT2D eigenvalue weighted by Gasteiger charge is 2.35. The summed E-state index contributed by atoms with van der Waals surface area (Å²) < 4.78 is 28.0. The van der Waals surface area contributed by atoms with Gasteiger partial charge in [0.2, 0.25) is 0 Å². The van der Waals surface area contributed by atoms with Crippen LogP contribution in [0.2, 0.25) is 0 Å². The summed E-state index contributed by atoms with van der Waals surface area (Å²) in [5, 5.41) is 13.2. The molecule has 1 saturated carbocycles. The van der Waals surface area contributed by atoms with Crippen LogP contribution in [0.15, 0.2) is 30.3 Å². The average Bonchev–Trinajstić information content (AvgIpc) is 2.49. The Morgan fingerprint density at radius 2 is 1.86 bits per heavy atom. The summed E-state index contributed by atoms with van der Waals surface area (Å²) in [6.45, 7) is 1.97. The zero-order valence-electron chi connectivity index (χ0n) is 12.6. The third kappa shape index (κ3) is 4.48. The second-order valence-corrected chi connectivity index (χ2v) is 6.25. The maximum atomic E-state index is 14.0. The minimum Gasteiger partial charge on any atom is -0.389 e. The van der Waals surface area contributed by atoms with Gasteiger partial charge < -0.3 is 10.4 Å². The lowest BCUT2D eigenvalue weighted by atomic mass is 9.78. The molecule has 0 atom stereocenters. The summed E-state index contributed by atoms with van der Waals surface area (Å²) in [5.41, 5.74) is -0.808. The van der Waals surface area contributed by atoms with E-state index in [1.54, 1.807) is 18.2 Å². The molecule has 0 heterocycles. The largest absolute Gasteiger partial charge is 0.389 e. The molecule has 118 valence electrons. The Kier molecular flexibility index (Phi) is 5.33. The van der Waals surface area contributed by atoms with Crippen LogP contribution in [0.5, 0.6) is 0 Å². The van der Waals surface area contributed by atoms with Crippen molar-refractivity contribution in [1.82, 2.24) is 5.32 Å².